The predicted octanol–water partition coefficient (Wildman–Crippen LogP) is 3.41. The Hall–Kier alpha value is -2.32. The molecule has 0 saturated carbocycles. The van der Waals surface area contributed by atoms with Crippen LogP contribution in [0.2, 0.25) is 0 Å². The maximum Gasteiger partial charge on any atom is 0.177 e. The molecule has 138 valence electrons. The Balaban J connectivity index is 2.00. The van der Waals surface area contributed by atoms with E-state index in [1.165, 1.54) is 18.2 Å². The number of nitrogens with one attached hydrogen (secondary N) is 1. The summed E-state index contributed by atoms with van der Waals surface area (Å²) in [7, 11) is -7.14. The highest BCUT2D eigenvalue weighted by molar-refractivity contribution is 7.91. The third-order valence-corrected chi connectivity index (χ3v) is 6.27. The third kappa shape index (κ3) is 3.76. The highest BCUT2D eigenvalue weighted by Gasteiger charge is 2.20. The fourth-order valence-corrected chi connectivity index (χ4v) is 4.27. The zero-order valence-corrected chi connectivity index (χ0v) is 16.2. The molecular weight excluding hydrogens is 374 g/mol. The van der Waals surface area contributed by atoms with Crippen molar-refractivity contribution in [3.8, 4) is 0 Å². The van der Waals surface area contributed by atoms with Crippen LogP contribution in [0, 0.1) is 0 Å². The van der Waals surface area contributed by atoms with E-state index in [2.05, 4.69) is 5.32 Å². The molecule has 0 aliphatic rings. The van der Waals surface area contributed by atoms with Gasteiger partial charge in [-0.25, -0.2) is 16.8 Å². The molecule has 1 heterocycles. The zero-order valence-electron chi connectivity index (χ0n) is 14.6. The topological polar surface area (TPSA) is 93.5 Å². The van der Waals surface area contributed by atoms with Crippen molar-refractivity contribution in [3.05, 3.63) is 54.3 Å². The number of para-hydroxylation sites is 1. The minimum absolute atomic E-state index is 0.0418. The lowest BCUT2D eigenvalue weighted by Gasteiger charge is -2.16. The molecule has 0 aliphatic carbocycles. The molecule has 0 spiro atoms. The molecule has 8 heteroatoms. The van der Waals surface area contributed by atoms with Gasteiger partial charge >= 0.3 is 0 Å². The van der Waals surface area contributed by atoms with E-state index < -0.39 is 19.7 Å². The quantitative estimate of drug-likeness (QED) is 0.714. The van der Waals surface area contributed by atoms with Crippen molar-refractivity contribution in [2.24, 2.45) is 0 Å². The Morgan fingerprint density at radius 2 is 1.62 bits per heavy atom. The molecule has 1 N–H and O–H groups in total. The first-order chi connectivity index (χ1) is 12.1. The van der Waals surface area contributed by atoms with Crippen molar-refractivity contribution in [1.82, 2.24) is 0 Å². The minimum atomic E-state index is -3.63. The molecule has 0 saturated heterocycles. The Morgan fingerprint density at radius 3 is 2.23 bits per heavy atom. The Morgan fingerprint density at radius 1 is 0.923 bits per heavy atom. The van der Waals surface area contributed by atoms with Gasteiger partial charge in [0.25, 0.3) is 0 Å². The van der Waals surface area contributed by atoms with Gasteiger partial charge in [0.1, 0.15) is 11.3 Å². The van der Waals surface area contributed by atoms with Crippen molar-refractivity contribution in [3.63, 3.8) is 0 Å². The van der Waals surface area contributed by atoms with Crippen LogP contribution >= 0.6 is 0 Å². The van der Waals surface area contributed by atoms with Crippen molar-refractivity contribution in [2.75, 3.05) is 17.8 Å². The summed E-state index contributed by atoms with van der Waals surface area (Å²) in [5.41, 5.74) is 1.07. The summed E-state index contributed by atoms with van der Waals surface area (Å²) in [6, 6.07) is 13.2. The van der Waals surface area contributed by atoms with Crippen LogP contribution in [0.1, 0.15) is 18.7 Å². The van der Waals surface area contributed by atoms with Gasteiger partial charge in [0, 0.05) is 17.9 Å². The van der Waals surface area contributed by atoms with Gasteiger partial charge < -0.3 is 9.73 Å². The lowest BCUT2D eigenvalue weighted by atomic mass is 10.2. The Kier molecular flexibility index (Phi) is 4.58. The number of hydrogen-bond acceptors (Lipinski definition) is 6. The number of rotatable bonds is 5. The number of fused-ring (bicyclic) bond motifs is 1. The van der Waals surface area contributed by atoms with E-state index in [4.69, 9.17) is 4.42 Å². The van der Waals surface area contributed by atoms with Gasteiger partial charge in [0.05, 0.1) is 21.5 Å². The maximum absolute atomic E-state index is 12.1. The monoisotopic (exact) mass is 393 g/mol. The predicted molar refractivity (Wildman–Crippen MR) is 101 cm³/mol. The zero-order chi connectivity index (χ0) is 19.1. The second-order valence-corrected chi connectivity index (χ2v) is 10.3. The van der Waals surface area contributed by atoms with Crippen molar-refractivity contribution < 1.29 is 21.3 Å². The van der Waals surface area contributed by atoms with Crippen molar-refractivity contribution in [2.45, 2.75) is 22.8 Å². The molecule has 0 radical (unpaired) electrons. The second kappa shape index (κ2) is 6.44. The summed E-state index contributed by atoms with van der Waals surface area (Å²) in [5, 5.41) is 4.06. The molecule has 26 heavy (non-hydrogen) atoms. The molecular formula is C18H19NO5S2. The molecule has 3 aromatic rings. The minimum Gasteiger partial charge on any atom is -0.459 e. The molecule has 3 rings (SSSR count). The van der Waals surface area contributed by atoms with Crippen LogP contribution in [0.15, 0.2) is 62.7 Å². The van der Waals surface area contributed by atoms with Crippen LogP contribution in [0.3, 0.4) is 0 Å². The van der Waals surface area contributed by atoms with E-state index >= 15 is 0 Å². The molecule has 0 amide bonds. The first-order valence-corrected chi connectivity index (χ1v) is 11.6. The highest BCUT2D eigenvalue weighted by Crippen LogP contribution is 2.30. The standard InChI is InChI=1S/C18H19NO5S2/c1-12(17-10-13-6-4-5-7-16(13)24-17)19-15-9-8-14(25(2,20)21)11-18(15)26(3,22)23/h4-12,19H,1-3H3/t12-/m1/s1. The Bertz CT molecular complexity index is 1140. The van der Waals surface area contributed by atoms with Crippen LogP contribution in [-0.4, -0.2) is 29.3 Å². The van der Waals surface area contributed by atoms with Crippen LogP contribution in [0.4, 0.5) is 5.69 Å². The van der Waals surface area contributed by atoms with Crippen molar-refractivity contribution >= 4 is 36.3 Å². The summed E-state index contributed by atoms with van der Waals surface area (Å²) < 4.78 is 53.5. The molecule has 0 aliphatic heterocycles. The van der Waals surface area contributed by atoms with Gasteiger partial charge in [-0.05, 0) is 37.3 Å². The van der Waals surface area contributed by atoms with Crippen LogP contribution in [-0.2, 0) is 19.7 Å². The van der Waals surface area contributed by atoms with Crippen LogP contribution in [0.5, 0.6) is 0 Å². The van der Waals surface area contributed by atoms with Gasteiger partial charge in [0.2, 0.25) is 0 Å². The van der Waals surface area contributed by atoms with Gasteiger partial charge in [-0.1, -0.05) is 18.2 Å². The first-order valence-electron chi connectivity index (χ1n) is 7.85. The fraction of sp³-hybridized carbons (Fsp3) is 0.222. The average molecular weight is 393 g/mol. The summed E-state index contributed by atoms with van der Waals surface area (Å²) in [5.74, 6) is 0.651. The molecule has 1 aromatic heterocycles. The Labute approximate surface area is 152 Å². The van der Waals surface area contributed by atoms with E-state index in [0.29, 0.717) is 11.4 Å². The second-order valence-electron chi connectivity index (χ2n) is 6.25. The van der Waals surface area contributed by atoms with E-state index in [9.17, 15) is 16.8 Å². The molecule has 0 bridgehead atoms. The molecule has 0 unspecified atom stereocenters. The van der Waals surface area contributed by atoms with Crippen LogP contribution < -0.4 is 5.32 Å². The summed E-state index contributed by atoms with van der Waals surface area (Å²) in [4.78, 5) is -0.108. The SMILES string of the molecule is C[C@@H](Nc1ccc(S(C)(=O)=O)cc1S(C)(=O)=O)c1cc2ccccc2o1. The summed E-state index contributed by atoms with van der Waals surface area (Å²) in [6.45, 7) is 1.84. The highest BCUT2D eigenvalue weighted by atomic mass is 32.2. The van der Waals surface area contributed by atoms with E-state index in [0.717, 1.165) is 23.5 Å². The lowest BCUT2D eigenvalue weighted by molar-refractivity contribution is 0.525. The van der Waals surface area contributed by atoms with Gasteiger partial charge in [-0.3, -0.25) is 0 Å². The van der Waals surface area contributed by atoms with E-state index in [1.807, 2.05) is 37.3 Å². The number of furan rings is 1. The molecule has 6 nitrogen and oxygen atoms in total. The number of hydrogen-bond donors (Lipinski definition) is 1. The number of benzene rings is 2. The molecule has 0 fully saturated rings. The van der Waals surface area contributed by atoms with Crippen LogP contribution in [0.25, 0.3) is 11.0 Å². The number of sulfone groups is 2. The molecule has 1 atom stereocenters. The lowest BCUT2D eigenvalue weighted by Crippen LogP contribution is -2.11. The van der Waals surface area contributed by atoms with E-state index in [1.54, 1.807) is 0 Å². The van der Waals surface area contributed by atoms with Crippen molar-refractivity contribution in [1.29, 1.82) is 0 Å². The molecule has 2 aromatic carbocycles. The van der Waals surface area contributed by atoms with Gasteiger partial charge in [-0.15, -0.1) is 0 Å². The van der Waals surface area contributed by atoms with Gasteiger partial charge in [-0.2, -0.15) is 0 Å². The normalized spacial score (nSPS) is 13.7. The summed E-state index contributed by atoms with van der Waals surface area (Å²) >= 11 is 0. The van der Waals surface area contributed by atoms with E-state index in [-0.39, 0.29) is 15.8 Å². The smallest absolute Gasteiger partial charge is 0.177 e. The fourth-order valence-electron chi connectivity index (χ4n) is 2.68. The van der Waals surface area contributed by atoms with Gasteiger partial charge in [0.15, 0.2) is 19.7 Å². The largest absolute Gasteiger partial charge is 0.459 e. The average Bonchev–Trinajstić information content (AvgIpc) is 2.97. The third-order valence-electron chi connectivity index (χ3n) is 4.02. The number of anilines is 1. The summed E-state index contributed by atoms with van der Waals surface area (Å²) in [6.07, 6.45) is 2.09. The maximum atomic E-state index is 12.1. The first kappa shape index (κ1) is 18.5.